The standard InChI is InChI=1S/C17H11N3O5/c21-16-9-8-11-4-1-2-5-12(11)13(16)10-18-17-14(19(22)23)6-3-7-15(17)20(24)25/h1-10,21H. The first-order valence-corrected chi connectivity index (χ1v) is 7.15. The molecule has 0 saturated heterocycles. The zero-order chi connectivity index (χ0) is 18.0. The second-order valence-electron chi connectivity index (χ2n) is 5.14. The molecular formula is C17H11N3O5. The summed E-state index contributed by atoms with van der Waals surface area (Å²) in [6.45, 7) is 0. The van der Waals surface area contributed by atoms with E-state index in [9.17, 15) is 25.3 Å². The molecule has 0 aliphatic carbocycles. The van der Waals surface area contributed by atoms with Crippen molar-refractivity contribution in [2.24, 2.45) is 4.99 Å². The molecule has 0 radical (unpaired) electrons. The zero-order valence-electron chi connectivity index (χ0n) is 12.7. The summed E-state index contributed by atoms with van der Waals surface area (Å²) in [6.07, 6.45) is 1.20. The summed E-state index contributed by atoms with van der Waals surface area (Å²) < 4.78 is 0. The predicted octanol–water partition coefficient (Wildman–Crippen LogP) is 4.11. The van der Waals surface area contributed by atoms with E-state index in [4.69, 9.17) is 0 Å². The molecule has 0 atom stereocenters. The topological polar surface area (TPSA) is 119 Å². The molecule has 25 heavy (non-hydrogen) atoms. The molecule has 3 aromatic rings. The Balaban J connectivity index is 2.20. The van der Waals surface area contributed by atoms with Gasteiger partial charge in [-0.05, 0) is 22.9 Å². The minimum atomic E-state index is -0.734. The number of phenols is 1. The van der Waals surface area contributed by atoms with Gasteiger partial charge in [-0.25, -0.2) is 4.99 Å². The van der Waals surface area contributed by atoms with Crippen LogP contribution in [0.2, 0.25) is 0 Å². The fourth-order valence-corrected chi connectivity index (χ4v) is 2.50. The van der Waals surface area contributed by atoms with Crippen molar-refractivity contribution in [3.8, 4) is 5.75 Å². The summed E-state index contributed by atoms with van der Waals surface area (Å²) in [5, 5.41) is 33.9. The fraction of sp³-hybridized carbons (Fsp3) is 0. The van der Waals surface area contributed by atoms with Crippen LogP contribution in [-0.4, -0.2) is 21.2 Å². The second-order valence-corrected chi connectivity index (χ2v) is 5.14. The number of fused-ring (bicyclic) bond motifs is 1. The highest BCUT2D eigenvalue weighted by Gasteiger charge is 2.24. The molecule has 0 fully saturated rings. The summed E-state index contributed by atoms with van der Waals surface area (Å²) in [6, 6.07) is 13.9. The Hall–Kier alpha value is -3.81. The molecule has 124 valence electrons. The molecule has 0 aromatic heterocycles. The molecule has 0 unspecified atom stereocenters. The lowest BCUT2D eigenvalue weighted by atomic mass is 10.0. The van der Waals surface area contributed by atoms with Gasteiger partial charge in [-0.15, -0.1) is 0 Å². The first-order valence-electron chi connectivity index (χ1n) is 7.15. The number of rotatable bonds is 4. The average molecular weight is 337 g/mol. The third-order valence-corrected chi connectivity index (χ3v) is 3.66. The van der Waals surface area contributed by atoms with E-state index in [1.54, 1.807) is 18.2 Å². The molecule has 8 heteroatoms. The lowest BCUT2D eigenvalue weighted by Gasteiger charge is -2.05. The van der Waals surface area contributed by atoms with E-state index < -0.39 is 21.2 Å². The van der Waals surface area contributed by atoms with Crippen LogP contribution < -0.4 is 0 Å². The maximum absolute atomic E-state index is 11.1. The van der Waals surface area contributed by atoms with Crippen molar-refractivity contribution >= 4 is 34.0 Å². The maximum atomic E-state index is 11.1. The van der Waals surface area contributed by atoms with Gasteiger partial charge in [0.1, 0.15) is 5.75 Å². The number of aromatic hydroxyl groups is 1. The van der Waals surface area contributed by atoms with Crippen LogP contribution >= 0.6 is 0 Å². The van der Waals surface area contributed by atoms with Crippen LogP contribution in [0.25, 0.3) is 10.8 Å². The SMILES string of the molecule is O=[N+]([O-])c1cccc([N+](=O)[O-])c1N=Cc1c(O)ccc2ccccc12. The van der Waals surface area contributed by atoms with Crippen molar-refractivity contribution in [3.05, 3.63) is 80.4 Å². The summed E-state index contributed by atoms with van der Waals surface area (Å²) in [7, 11) is 0. The fourth-order valence-electron chi connectivity index (χ4n) is 2.50. The van der Waals surface area contributed by atoms with Gasteiger partial charge < -0.3 is 5.11 Å². The summed E-state index contributed by atoms with van der Waals surface area (Å²) in [5.41, 5.74) is -1.01. The van der Waals surface area contributed by atoms with Crippen LogP contribution in [0.5, 0.6) is 5.75 Å². The Morgan fingerprint density at radius 2 is 1.52 bits per heavy atom. The maximum Gasteiger partial charge on any atom is 0.301 e. The van der Waals surface area contributed by atoms with E-state index in [2.05, 4.69) is 4.99 Å². The van der Waals surface area contributed by atoms with E-state index in [1.165, 1.54) is 18.3 Å². The molecule has 0 bridgehead atoms. The van der Waals surface area contributed by atoms with Gasteiger partial charge >= 0.3 is 11.4 Å². The van der Waals surface area contributed by atoms with Crippen molar-refractivity contribution in [1.29, 1.82) is 0 Å². The predicted molar refractivity (Wildman–Crippen MR) is 92.6 cm³/mol. The van der Waals surface area contributed by atoms with E-state index in [0.717, 1.165) is 17.5 Å². The second kappa shape index (κ2) is 6.36. The normalized spacial score (nSPS) is 11.0. The van der Waals surface area contributed by atoms with Crippen molar-refractivity contribution in [2.45, 2.75) is 0 Å². The number of benzene rings is 3. The Bertz CT molecular complexity index is 998. The van der Waals surface area contributed by atoms with Gasteiger partial charge in [-0.2, -0.15) is 0 Å². The van der Waals surface area contributed by atoms with Crippen molar-refractivity contribution in [1.82, 2.24) is 0 Å². The van der Waals surface area contributed by atoms with Gasteiger partial charge in [0.25, 0.3) is 0 Å². The summed E-state index contributed by atoms with van der Waals surface area (Å²) >= 11 is 0. The first kappa shape index (κ1) is 16.1. The molecular weight excluding hydrogens is 326 g/mol. The molecule has 3 rings (SSSR count). The number of phenolic OH excluding ortho intramolecular Hbond substituents is 1. The minimum absolute atomic E-state index is 0.0799. The molecule has 0 aliphatic heterocycles. The van der Waals surface area contributed by atoms with Gasteiger partial charge in [0.15, 0.2) is 0 Å². The molecule has 1 N–H and O–H groups in total. The highest BCUT2D eigenvalue weighted by atomic mass is 16.6. The van der Waals surface area contributed by atoms with Crippen LogP contribution in [-0.2, 0) is 0 Å². The highest BCUT2D eigenvalue weighted by molar-refractivity contribution is 6.03. The number of nitro groups is 2. The van der Waals surface area contributed by atoms with Crippen LogP contribution in [0, 0.1) is 20.2 Å². The monoisotopic (exact) mass is 337 g/mol. The zero-order valence-corrected chi connectivity index (χ0v) is 12.7. The molecule has 0 spiro atoms. The summed E-state index contributed by atoms with van der Waals surface area (Å²) in [4.78, 5) is 24.8. The molecule has 0 amide bonds. The van der Waals surface area contributed by atoms with E-state index in [1.807, 2.05) is 12.1 Å². The highest BCUT2D eigenvalue weighted by Crippen LogP contribution is 2.37. The van der Waals surface area contributed by atoms with E-state index >= 15 is 0 Å². The molecule has 8 nitrogen and oxygen atoms in total. The van der Waals surface area contributed by atoms with Crippen LogP contribution in [0.4, 0.5) is 17.1 Å². The number of para-hydroxylation sites is 1. The van der Waals surface area contributed by atoms with Crippen LogP contribution in [0.15, 0.2) is 59.6 Å². The lowest BCUT2D eigenvalue weighted by molar-refractivity contribution is -0.392. The third kappa shape index (κ3) is 3.00. The Kier molecular flexibility index (Phi) is 4.09. The van der Waals surface area contributed by atoms with Gasteiger partial charge in [-0.3, -0.25) is 20.2 Å². The van der Waals surface area contributed by atoms with Gasteiger partial charge in [0.05, 0.1) is 9.85 Å². The van der Waals surface area contributed by atoms with Crippen LogP contribution in [0.3, 0.4) is 0 Å². The molecule has 0 saturated carbocycles. The van der Waals surface area contributed by atoms with Crippen molar-refractivity contribution in [3.63, 3.8) is 0 Å². The third-order valence-electron chi connectivity index (χ3n) is 3.66. The molecule has 0 aliphatic rings. The molecule has 0 heterocycles. The quantitative estimate of drug-likeness (QED) is 0.436. The van der Waals surface area contributed by atoms with Gasteiger partial charge in [-0.1, -0.05) is 30.3 Å². The number of nitro benzene ring substituents is 2. The van der Waals surface area contributed by atoms with Crippen LogP contribution in [0.1, 0.15) is 5.56 Å². The number of hydrogen-bond donors (Lipinski definition) is 1. The smallest absolute Gasteiger partial charge is 0.301 e. The van der Waals surface area contributed by atoms with Crippen molar-refractivity contribution < 1.29 is 15.0 Å². The first-order chi connectivity index (χ1) is 12.0. The number of hydrogen-bond acceptors (Lipinski definition) is 6. The van der Waals surface area contributed by atoms with Crippen molar-refractivity contribution in [2.75, 3.05) is 0 Å². The Morgan fingerprint density at radius 1 is 0.880 bits per heavy atom. The molecule has 3 aromatic carbocycles. The largest absolute Gasteiger partial charge is 0.507 e. The summed E-state index contributed by atoms with van der Waals surface area (Å²) in [5.74, 6) is -0.0799. The van der Waals surface area contributed by atoms with Gasteiger partial charge in [0, 0.05) is 23.9 Å². The lowest BCUT2D eigenvalue weighted by Crippen LogP contribution is -1.94. The minimum Gasteiger partial charge on any atom is -0.507 e. The number of aliphatic imine (C=N–C) groups is 1. The number of nitrogens with zero attached hydrogens (tertiary/aromatic N) is 3. The average Bonchev–Trinajstić information content (AvgIpc) is 2.60. The van der Waals surface area contributed by atoms with Gasteiger partial charge in [0.2, 0.25) is 5.69 Å². The Morgan fingerprint density at radius 3 is 2.16 bits per heavy atom. The Labute approximate surface area is 141 Å². The van der Waals surface area contributed by atoms with E-state index in [-0.39, 0.29) is 11.4 Å². The van der Waals surface area contributed by atoms with E-state index in [0.29, 0.717) is 10.9 Å².